The lowest BCUT2D eigenvalue weighted by Gasteiger charge is -1.94. The second-order valence-electron chi connectivity index (χ2n) is 1.83. The van der Waals surface area contributed by atoms with Gasteiger partial charge in [-0.15, -0.1) is 0 Å². The Hall–Kier alpha value is 0.485. The van der Waals surface area contributed by atoms with E-state index in [0.29, 0.717) is 0 Å². The van der Waals surface area contributed by atoms with E-state index in [1.807, 2.05) is 10.8 Å². The summed E-state index contributed by atoms with van der Waals surface area (Å²) >= 11 is 0. The van der Waals surface area contributed by atoms with E-state index in [-0.39, 0.29) is 0 Å². The minimum atomic E-state index is -6.00. The SMILES string of the molecule is C[SH+]SC(C)C.F[B-](F)(F)F. The summed E-state index contributed by atoms with van der Waals surface area (Å²) in [4.78, 5) is 0. The minimum absolute atomic E-state index is 0.802. The third-order valence-electron chi connectivity index (χ3n) is 0.316. The molecule has 0 heterocycles. The molecule has 0 spiro atoms. The van der Waals surface area contributed by atoms with Crippen LogP contribution in [0.4, 0.5) is 17.3 Å². The molecule has 0 saturated carbocycles. The van der Waals surface area contributed by atoms with Crippen molar-refractivity contribution in [3.05, 3.63) is 0 Å². The maximum absolute atomic E-state index is 9.75. The molecule has 0 rings (SSSR count). The summed E-state index contributed by atoms with van der Waals surface area (Å²) in [5.41, 5.74) is 0. The Kier molecular flexibility index (Phi) is 9.12. The van der Waals surface area contributed by atoms with Crippen LogP contribution >= 0.6 is 10.8 Å². The molecule has 0 amide bonds. The van der Waals surface area contributed by atoms with E-state index < -0.39 is 7.25 Å². The van der Waals surface area contributed by atoms with Crippen molar-refractivity contribution in [2.45, 2.75) is 19.1 Å². The first kappa shape index (κ1) is 14.0. The van der Waals surface area contributed by atoms with Crippen LogP contribution in [0.15, 0.2) is 0 Å². The Morgan fingerprint density at radius 2 is 1.45 bits per heavy atom. The Morgan fingerprint density at radius 3 is 1.45 bits per heavy atom. The summed E-state index contributed by atoms with van der Waals surface area (Å²) in [5.74, 6) is 0. The van der Waals surface area contributed by atoms with E-state index in [1.54, 1.807) is 0 Å². The molecule has 0 N–H and O–H groups in total. The molecular formula is C4H11BF4S2. The highest BCUT2D eigenvalue weighted by Crippen LogP contribution is 2.07. The molecule has 7 heteroatoms. The maximum atomic E-state index is 9.75. The normalized spacial score (nSPS) is 10.9. The number of thiol groups is 1. The molecule has 0 saturated heterocycles. The molecule has 0 aliphatic heterocycles. The van der Waals surface area contributed by atoms with Crippen molar-refractivity contribution in [3.8, 4) is 0 Å². The predicted molar refractivity (Wildman–Crippen MR) is 47.6 cm³/mol. The van der Waals surface area contributed by atoms with Crippen molar-refractivity contribution in [1.29, 1.82) is 0 Å². The van der Waals surface area contributed by atoms with Gasteiger partial charge in [0, 0.05) is 16.0 Å². The molecule has 0 radical (unpaired) electrons. The van der Waals surface area contributed by atoms with Crippen molar-refractivity contribution in [2.24, 2.45) is 0 Å². The number of hydrogen-bond donors (Lipinski definition) is 0. The Bertz CT molecular complexity index is 78.7. The summed E-state index contributed by atoms with van der Waals surface area (Å²) in [6.07, 6.45) is 2.16. The van der Waals surface area contributed by atoms with E-state index >= 15 is 0 Å². The van der Waals surface area contributed by atoms with Crippen LogP contribution in [0, 0.1) is 0 Å². The molecule has 0 aromatic heterocycles. The zero-order valence-electron chi connectivity index (χ0n) is 6.52. The van der Waals surface area contributed by atoms with Crippen molar-refractivity contribution >= 4 is 28.8 Å². The Labute approximate surface area is 72.0 Å². The highest BCUT2D eigenvalue weighted by Gasteiger charge is 2.20. The summed E-state index contributed by atoms with van der Waals surface area (Å²) < 4.78 is 39.0. The van der Waals surface area contributed by atoms with Crippen LogP contribution in [0.25, 0.3) is 0 Å². The van der Waals surface area contributed by atoms with Crippen LogP contribution in [0.2, 0.25) is 0 Å². The number of hydrogen-bond acceptors (Lipinski definition) is 1. The lowest BCUT2D eigenvalue weighted by molar-refractivity contribution is 0.368. The van der Waals surface area contributed by atoms with Crippen LogP contribution in [0.3, 0.4) is 0 Å². The first-order valence-corrected chi connectivity index (χ1v) is 5.72. The second kappa shape index (κ2) is 7.15. The summed E-state index contributed by atoms with van der Waals surface area (Å²) in [5, 5.41) is 0.802. The first-order valence-electron chi connectivity index (χ1n) is 2.89. The minimum Gasteiger partial charge on any atom is -0.418 e. The van der Waals surface area contributed by atoms with Gasteiger partial charge < -0.3 is 17.3 Å². The molecule has 0 aromatic rings. The van der Waals surface area contributed by atoms with Crippen LogP contribution < -0.4 is 0 Å². The van der Waals surface area contributed by atoms with Crippen molar-refractivity contribution in [3.63, 3.8) is 0 Å². The van der Waals surface area contributed by atoms with Crippen LogP contribution in [-0.4, -0.2) is 18.8 Å². The fourth-order valence-corrected chi connectivity index (χ4v) is 1.90. The molecule has 0 unspecified atom stereocenters. The van der Waals surface area contributed by atoms with Gasteiger partial charge in [0.2, 0.25) is 0 Å². The van der Waals surface area contributed by atoms with Crippen molar-refractivity contribution < 1.29 is 17.3 Å². The third-order valence-corrected chi connectivity index (χ3v) is 2.85. The van der Waals surface area contributed by atoms with Gasteiger partial charge in [-0.05, 0) is 13.8 Å². The Morgan fingerprint density at radius 1 is 1.18 bits per heavy atom. The Balaban J connectivity index is 0. The molecule has 70 valence electrons. The largest absolute Gasteiger partial charge is 0.673 e. The van der Waals surface area contributed by atoms with Crippen LogP contribution in [0.1, 0.15) is 13.8 Å². The highest BCUT2D eigenvalue weighted by molar-refractivity contribution is 8.66. The molecule has 0 aromatic carbocycles. The van der Waals surface area contributed by atoms with E-state index in [4.69, 9.17) is 0 Å². The summed E-state index contributed by atoms with van der Waals surface area (Å²) in [6.45, 7) is 4.42. The smallest absolute Gasteiger partial charge is 0.418 e. The lowest BCUT2D eigenvalue weighted by atomic mass is 10.3. The van der Waals surface area contributed by atoms with E-state index in [1.165, 1.54) is 10.8 Å². The van der Waals surface area contributed by atoms with Gasteiger partial charge >= 0.3 is 7.25 Å². The number of halogens is 4. The average molecular weight is 210 g/mol. The second-order valence-corrected chi connectivity index (χ2v) is 5.08. The van der Waals surface area contributed by atoms with Gasteiger partial charge in [0.05, 0.1) is 10.8 Å². The third kappa shape index (κ3) is 62.2. The van der Waals surface area contributed by atoms with Gasteiger partial charge in [-0.1, -0.05) is 0 Å². The fraction of sp³-hybridized carbons (Fsp3) is 1.00. The maximum Gasteiger partial charge on any atom is 0.673 e. The summed E-state index contributed by atoms with van der Waals surface area (Å²) in [7, 11) is -2.60. The first-order chi connectivity index (χ1) is 4.77. The highest BCUT2D eigenvalue weighted by atomic mass is 33.1. The molecule has 0 aliphatic carbocycles. The fourth-order valence-electron chi connectivity index (χ4n) is 0.211. The molecular weight excluding hydrogens is 199 g/mol. The zero-order chi connectivity index (χ0) is 9.49. The standard InChI is InChI=1S/C4H10S2.BF4/c1-4(2)6-5-3;2-1(3,4)5/h4H,1-3H3;/q;-1/p+1. The van der Waals surface area contributed by atoms with Gasteiger partial charge in [-0.2, -0.15) is 0 Å². The number of rotatable bonds is 2. The molecule has 0 bridgehead atoms. The van der Waals surface area contributed by atoms with Crippen LogP contribution in [0.5, 0.6) is 0 Å². The molecule has 0 nitrogen and oxygen atoms in total. The monoisotopic (exact) mass is 210 g/mol. The van der Waals surface area contributed by atoms with Crippen LogP contribution in [-0.2, 0) is 10.8 Å². The van der Waals surface area contributed by atoms with E-state index in [0.717, 1.165) is 5.25 Å². The van der Waals surface area contributed by atoms with Gasteiger partial charge in [0.25, 0.3) is 0 Å². The van der Waals surface area contributed by atoms with Gasteiger partial charge in [-0.3, -0.25) is 0 Å². The van der Waals surface area contributed by atoms with E-state index in [2.05, 4.69) is 20.1 Å². The zero-order valence-corrected chi connectivity index (χ0v) is 8.23. The van der Waals surface area contributed by atoms with Gasteiger partial charge in [-0.25, -0.2) is 0 Å². The van der Waals surface area contributed by atoms with Gasteiger partial charge in [0.1, 0.15) is 6.26 Å². The summed E-state index contributed by atoms with van der Waals surface area (Å²) in [6, 6.07) is 0. The molecule has 11 heavy (non-hydrogen) atoms. The molecule has 0 aliphatic rings. The molecule has 0 atom stereocenters. The average Bonchev–Trinajstić information content (AvgIpc) is 1.58. The molecule has 0 fully saturated rings. The quantitative estimate of drug-likeness (QED) is 0.222. The lowest BCUT2D eigenvalue weighted by Crippen LogP contribution is -2.02. The topological polar surface area (TPSA) is 0 Å². The van der Waals surface area contributed by atoms with Gasteiger partial charge in [0.15, 0.2) is 0 Å². The van der Waals surface area contributed by atoms with E-state index in [9.17, 15) is 17.3 Å². The van der Waals surface area contributed by atoms with Crippen molar-refractivity contribution in [1.82, 2.24) is 0 Å². The predicted octanol–water partition coefficient (Wildman–Crippen LogP) is 2.79. The van der Waals surface area contributed by atoms with Crippen molar-refractivity contribution in [2.75, 3.05) is 6.26 Å².